The second-order valence-corrected chi connectivity index (χ2v) is 4.71. The summed E-state index contributed by atoms with van der Waals surface area (Å²) in [7, 11) is 0. The van der Waals surface area contributed by atoms with Crippen LogP contribution in [0.1, 0.15) is 31.1 Å². The Morgan fingerprint density at radius 3 is 2.55 bits per heavy atom. The molecule has 1 aromatic carbocycles. The number of nitrogens with zero attached hydrogens (tertiary/aromatic N) is 1. The molecule has 1 aromatic heterocycles. The normalized spacial score (nSPS) is 12.4. The van der Waals surface area contributed by atoms with Gasteiger partial charge < -0.3 is 4.74 Å². The largest absolute Gasteiger partial charge is 0.491 e. The topological polar surface area (TPSA) is 60.2 Å². The molecule has 3 N–H and O–H groups in total. The Balaban J connectivity index is 2.38. The minimum absolute atomic E-state index is 0.0516. The molecule has 1 unspecified atom stereocenters. The Labute approximate surface area is 117 Å². The average molecular weight is 275 g/mol. The van der Waals surface area contributed by atoms with Crippen LogP contribution >= 0.6 is 0 Å². The summed E-state index contributed by atoms with van der Waals surface area (Å²) < 4.78 is 18.7. The molecule has 106 valence electrons. The molecule has 4 nitrogen and oxygen atoms in total. The smallest absolute Gasteiger partial charge is 0.141 e. The van der Waals surface area contributed by atoms with Gasteiger partial charge in [0, 0.05) is 5.56 Å². The number of nitrogens with two attached hydrogens (primary N) is 1. The molecule has 1 heterocycles. The van der Waals surface area contributed by atoms with E-state index in [0.717, 1.165) is 11.3 Å². The van der Waals surface area contributed by atoms with Crippen LogP contribution in [-0.4, -0.2) is 11.1 Å². The number of hydrogen-bond donors (Lipinski definition) is 2. The van der Waals surface area contributed by atoms with Crippen molar-refractivity contribution in [3.63, 3.8) is 0 Å². The van der Waals surface area contributed by atoms with E-state index in [-0.39, 0.29) is 18.0 Å². The van der Waals surface area contributed by atoms with E-state index < -0.39 is 0 Å². The highest BCUT2D eigenvalue weighted by molar-refractivity contribution is 5.40. The third-order valence-electron chi connectivity index (χ3n) is 2.81. The maximum absolute atomic E-state index is 13.0. The van der Waals surface area contributed by atoms with Crippen LogP contribution in [0.15, 0.2) is 42.6 Å². The quantitative estimate of drug-likeness (QED) is 0.650. The first-order valence-corrected chi connectivity index (χ1v) is 6.45. The molecule has 0 saturated heterocycles. The lowest BCUT2D eigenvalue weighted by Crippen LogP contribution is -2.30. The molecule has 0 radical (unpaired) electrons. The lowest BCUT2D eigenvalue weighted by Gasteiger charge is -2.20. The van der Waals surface area contributed by atoms with Gasteiger partial charge in [-0.2, -0.15) is 0 Å². The van der Waals surface area contributed by atoms with Gasteiger partial charge in [-0.05, 0) is 32.0 Å². The Bertz CT molecular complexity index is 557. The summed E-state index contributed by atoms with van der Waals surface area (Å²) in [5, 5.41) is 0. The van der Waals surface area contributed by atoms with Crippen LogP contribution in [0.4, 0.5) is 4.39 Å². The fraction of sp³-hybridized carbons (Fsp3) is 0.267. The number of benzene rings is 1. The van der Waals surface area contributed by atoms with E-state index >= 15 is 0 Å². The lowest BCUT2D eigenvalue weighted by atomic mass is 10.0. The Kier molecular flexibility index (Phi) is 4.65. The van der Waals surface area contributed by atoms with Gasteiger partial charge in [0.05, 0.1) is 24.0 Å². The van der Waals surface area contributed by atoms with Crippen molar-refractivity contribution in [2.45, 2.75) is 26.0 Å². The van der Waals surface area contributed by atoms with Crippen LogP contribution < -0.4 is 16.0 Å². The van der Waals surface area contributed by atoms with E-state index in [2.05, 4.69) is 10.4 Å². The number of pyridine rings is 1. The molecule has 0 aliphatic carbocycles. The number of nitrogens with one attached hydrogen (secondary N) is 1. The summed E-state index contributed by atoms with van der Waals surface area (Å²) in [4.78, 5) is 4.07. The standard InChI is InChI=1S/C15H18FN3O/c1-10(2)20-14-6-4-3-5-12(14)15(19-17)13-8-7-11(16)9-18-13/h3-10,15,19H,17H2,1-2H3. The predicted octanol–water partition coefficient (Wildman–Crippen LogP) is 2.56. The van der Waals surface area contributed by atoms with Gasteiger partial charge in [0.2, 0.25) is 0 Å². The number of hydrazine groups is 1. The minimum Gasteiger partial charge on any atom is -0.491 e. The van der Waals surface area contributed by atoms with Crippen molar-refractivity contribution >= 4 is 0 Å². The number of hydrogen-bond acceptors (Lipinski definition) is 4. The fourth-order valence-corrected chi connectivity index (χ4v) is 1.97. The van der Waals surface area contributed by atoms with Crippen molar-refractivity contribution in [2.75, 3.05) is 0 Å². The first kappa shape index (κ1) is 14.4. The molecule has 20 heavy (non-hydrogen) atoms. The molecule has 0 fully saturated rings. The molecule has 2 rings (SSSR count). The summed E-state index contributed by atoms with van der Waals surface area (Å²) in [5.74, 6) is 5.99. The summed E-state index contributed by atoms with van der Waals surface area (Å²) in [6, 6.07) is 10.2. The van der Waals surface area contributed by atoms with E-state index in [1.54, 1.807) is 6.07 Å². The molecular formula is C15H18FN3O. The van der Waals surface area contributed by atoms with Crippen LogP contribution in [-0.2, 0) is 0 Å². The number of para-hydroxylation sites is 1. The molecule has 2 aromatic rings. The van der Waals surface area contributed by atoms with E-state index in [4.69, 9.17) is 10.6 Å². The zero-order valence-electron chi connectivity index (χ0n) is 11.5. The van der Waals surface area contributed by atoms with E-state index in [9.17, 15) is 4.39 Å². The second kappa shape index (κ2) is 6.45. The minimum atomic E-state index is -0.378. The summed E-state index contributed by atoms with van der Waals surface area (Å²) in [6.45, 7) is 3.91. The van der Waals surface area contributed by atoms with Crippen LogP contribution in [0, 0.1) is 5.82 Å². The van der Waals surface area contributed by atoms with Crippen molar-refractivity contribution < 1.29 is 9.13 Å². The van der Waals surface area contributed by atoms with Crippen molar-refractivity contribution in [3.05, 3.63) is 59.7 Å². The fourth-order valence-electron chi connectivity index (χ4n) is 1.97. The van der Waals surface area contributed by atoms with Crippen molar-refractivity contribution in [2.24, 2.45) is 5.84 Å². The number of ether oxygens (including phenoxy) is 1. The number of halogens is 1. The van der Waals surface area contributed by atoms with Gasteiger partial charge in [-0.25, -0.2) is 9.82 Å². The van der Waals surface area contributed by atoms with Gasteiger partial charge in [0.1, 0.15) is 11.6 Å². The van der Waals surface area contributed by atoms with Crippen LogP contribution in [0.2, 0.25) is 0 Å². The van der Waals surface area contributed by atoms with Gasteiger partial charge >= 0.3 is 0 Å². The maximum atomic E-state index is 13.0. The Morgan fingerprint density at radius 2 is 1.95 bits per heavy atom. The van der Waals surface area contributed by atoms with Crippen molar-refractivity contribution in [1.29, 1.82) is 0 Å². The summed E-state index contributed by atoms with van der Waals surface area (Å²) >= 11 is 0. The van der Waals surface area contributed by atoms with Gasteiger partial charge in [-0.15, -0.1) is 0 Å². The third kappa shape index (κ3) is 3.31. The van der Waals surface area contributed by atoms with Crippen LogP contribution in [0.5, 0.6) is 5.75 Å². The van der Waals surface area contributed by atoms with Gasteiger partial charge in [-0.3, -0.25) is 10.8 Å². The SMILES string of the molecule is CC(C)Oc1ccccc1C(NN)c1ccc(F)cn1. The molecule has 0 aliphatic heterocycles. The zero-order valence-corrected chi connectivity index (χ0v) is 11.5. The average Bonchev–Trinajstić information content (AvgIpc) is 2.43. The number of rotatable bonds is 5. The summed E-state index contributed by atoms with van der Waals surface area (Å²) in [6.07, 6.45) is 1.22. The Morgan fingerprint density at radius 1 is 1.20 bits per heavy atom. The highest BCUT2D eigenvalue weighted by Gasteiger charge is 2.18. The van der Waals surface area contributed by atoms with Gasteiger partial charge in [-0.1, -0.05) is 18.2 Å². The summed E-state index contributed by atoms with van der Waals surface area (Å²) in [5.41, 5.74) is 4.20. The number of aromatic nitrogens is 1. The zero-order chi connectivity index (χ0) is 14.5. The van der Waals surface area contributed by atoms with E-state index in [1.165, 1.54) is 12.3 Å². The maximum Gasteiger partial charge on any atom is 0.141 e. The van der Waals surface area contributed by atoms with E-state index in [0.29, 0.717) is 5.69 Å². The Hall–Kier alpha value is -1.98. The molecule has 0 saturated carbocycles. The molecule has 0 aliphatic rings. The highest BCUT2D eigenvalue weighted by atomic mass is 19.1. The van der Waals surface area contributed by atoms with E-state index in [1.807, 2.05) is 38.1 Å². The molecule has 5 heteroatoms. The molecule has 0 amide bonds. The monoisotopic (exact) mass is 275 g/mol. The molecule has 0 spiro atoms. The third-order valence-corrected chi connectivity index (χ3v) is 2.81. The first-order chi connectivity index (χ1) is 9.61. The van der Waals surface area contributed by atoms with Crippen molar-refractivity contribution in [3.8, 4) is 5.75 Å². The molecule has 1 atom stereocenters. The van der Waals surface area contributed by atoms with Crippen LogP contribution in [0.25, 0.3) is 0 Å². The van der Waals surface area contributed by atoms with Crippen LogP contribution in [0.3, 0.4) is 0 Å². The second-order valence-electron chi connectivity index (χ2n) is 4.71. The molecule has 0 bridgehead atoms. The van der Waals surface area contributed by atoms with Gasteiger partial charge in [0.15, 0.2) is 0 Å². The van der Waals surface area contributed by atoms with Gasteiger partial charge in [0.25, 0.3) is 0 Å². The molecular weight excluding hydrogens is 257 g/mol. The lowest BCUT2D eigenvalue weighted by molar-refractivity contribution is 0.238. The predicted molar refractivity (Wildman–Crippen MR) is 75.6 cm³/mol. The van der Waals surface area contributed by atoms with Crippen molar-refractivity contribution in [1.82, 2.24) is 10.4 Å². The first-order valence-electron chi connectivity index (χ1n) is 6.45. The highest BCUT2D eigenvalue weighted by Crippen LogP contribution is 2.29.